The molecule has 32 heavy (non-hydrogen) atoms. The molecule has 3 aromatic rings. The standard InChI is InChI=1S/C21H20O11/c1-7-15(24)19(28)20(29)21(31-7)32-8-4-12(23)14-13(5-8)30-6-10(16(14)25)9-2-3-11(22)18(27)17(9)26/h2-7,15,19-24,26-29H,1H3/t7-,15+,19+,20-,21+/m1/s1. The fourth-order valence-electron chi connectivity index (χ4n) is 3.49. The van der Waals surface area contributed by atoms with Crippen LogP contribution in [0.25, 0.3) is 22.1 Å². The summed E-state index contributed by atoms with van der Waals surface area (Å²) < 4.78 is 16.2. The predicted molar refractivity (Wildman–Crippen MR) is 108 cm³/mol. The summed E-state index contributed by atoms with van der Waals surface area (Å²) in [5, 5.41) is 69.2. The van der Waals surface area contributed by atoms with Crippen LogP contribution in [0, 0.1) is 0 Å². The van der Waals surface area contributed by atoms with E-state index in [0.717, 1.165) is 18.4 Å². The highest BCUT2D eigenvalue weighted by Gasteiger charge is 2.43. The molecule has 1 aromatic heterocycles. The highest BCUT2D eigenvalue weighted by atomic mass is 16.7. The average molecular weight is 448 g/mol. The summed E-state index contributed by atoms with van der Waals surface area (Å²) >= 11 is 0. The van der Waals surface area contributed by atoms with Gasteiger partial charge in [-0.3, -0.25) is 4.79 Å². The monoisotopic (exact) mass is 448 g/mol. The van der Waals surface area contributed by atoms with Crippen LogP contribution in [0.4, 0.5) is 0 Å². The lowest BCUT2D eigenvalue weighted by atomic mass is 10.00. The molecule has 7 N–H and O–H groups in total. The van der Waals surface area contributed by atoms with Crippen molar-refractivity contribution in [3.8, 4) is 39.9 Å². The molecule has 1 aliphatic rings. The van der Waals surface area contributed by atoms with Crippen LogP contribution in [-0.4, -0.2) is 66.5 Å². The zero-order valence-electron chi connectivity index (χ0n) is 16.5. The van der Waals surface area contributed by atoms with Crippen molar-refractivity contribution in [2.75, 3.05) is 0 Å². The van der Waals surface area contributed by atoms with Gasteiger partial charge in [0, 0.05) is 17.7 Å². The summed E-state index contributed by atoms with van der Waals surface area (Å²) in [6.45, 7) is 1.48. The maximum absolute atomic E-state index is 12.9. The van der Waals surface area contributed by atoms with Crippen molar-refractivity contribution in [1.29, 1.82) is 0 Å². The fourth-order valence-corrected chi connectivity index (χ4v) is 3.49. The number of aliphatic hydroxyl groups excluding tert-OH is 3. The van der Waals surface area contributed by atoms with Gasteiger partial charge < -0.3 is 49.6 Å². The number of hydrogen-bond donors (Lipinski definition) is 7. The minimum absolute atomic E-state index is 0.0594. The molecule has 2 heterocycles. The van der Waals surface area contributed by atoms with Crippen molar-refractivity contribution in [2.24, 2.45) is 0 Å². The summed E-state index contributed by atoms with van der Waals surface area (Å²) in [5.41, 5.74) is -1.16. The van der Waals surface area contributed by atoms with E-state index < -0.39 is 59.1 Å². The molecule has 0 saturated carbocycles. The molecular weight excluding hydrogens is 428 g/mol. The van der Waals surface area contributed by atoms with E-state index in [2.05, 4.69) is 0 Å². The van der Waals surface area contributed by atoms with Crippen LogP contribution in [0.15, 0.2) is 39.7 Å². The maximum atomic E-state index is 12.9. The molecule has 0 bridgehead atoms. The van der Waals surface area contributed by atoms with Gasteiger partial charge in [0.2, 0.25) is 17.5 Å². The van der Waals surface area contributed by atoms with Crippen molar-refractivity contribution < 1.29 is 49.6 Å². The summed E-state index contributed by atoms with van der Waals surface area (Å²) in [7, 11) is 0. The molecule has 11 nitrogen and oxygen atoms in total. The van der Waals surface area contributed by atoms with Gasteiger partial charge in [-0.15, -0.1) is 0 Å². The van der Waals surface area contributed by atoms with E-state index in [-0.39, 0.29) is 27.8 Å². The molecule has 0 radical (unpaired) electrons. The first-order valence-corrected chi connectivity index (χ1v) is 9.49. The topological polar surface area (TPSA) is 190 Å². The van der Waals surface area contributed by atoms with Gasteiger partial charge in [-0.05, 0) is 19.1 Å². The normalized spacial score (nSPS) is 25.7. The maximum Gasteiger partial charge on any atom is 0.229 e. The first-order chi connectivity index (χ1) is 15.1. The van der Waals surface area contributed by atoms with E-state index in [1.807, 2.05) is 0 Å². The molecule has 170 valence electrons. The number of phenols is 4. The number of hydrogen-bond acceptors (Lipinski definition) is 11. The predicted octanol–water partition coefficient (Wildman–Crippen LogP) is 0.489. The molecule has 0 unspecified atom stereocenters. The van der Waals surface area contributed by atoms with Crippen molar-refractivity contribution in [1.82, 2.24) is 0 Å². The molecule has 0 spiro atoms. The molecule has 0 aliphatic carbocycles. The van der Waals surface area contributed by atoms with Gasteiger partial charge in [0.25, 0.3) is 0 Å². The zero-order valence-corrected chi connectivity index (χ0v) is 16.5. The van der Waals surface area contributed by atoms with Gasteiger partial charge >= 0.3 is 0 Å². The Morgan fingerprint density at radius 3 is 2.31 bits per heavy atom. The second-order valence-corrected chi connectivity index (χ2v) is 7.42. The van der Waals surface area contributed by atoms with Crippen LogP contribution in [0.1, 0.15) is 6.92 Å². The quantitative estimate of drug-likeness (QED) is 0.276. The van der Waals surface area contributed by atoms with Gasteiger partial charge in [0.15, 0.2) is 11.5 Å². The van der Waals surface area contributed by atoms with E-state index in [0.29, 0.717) is 0 Å². The summed E-state index contributed by atoms with van der Waals surface area (Å²) in [6, 6.07) is 4.58. The van der Waals surface area contributed by atoms with E-state index >= 15 is 0 Å². The summed E-state index contributed by atoms with van der Waals surface area (Å²) in [6.07, 6.45) is -5.65. The lowest BCUT2D eigenvalue weighted by Gasteiger charge is -2.38. The van der Waals surface area contributed by atoms with Crippen molar-refractivity contribution in [3.05, 3.63) is 40.8 Å². The van der Waals surface area contributed by atoms with Crippen LogP contribution in [0.3, 0.4) is 0 Å². The third-order valence-corrected chi connectivity index (χ3v) is 5.31. The van der Waals surface area contributed by atoms with E-state index in [1.165, 1.54) is 19.1 Å². The third kappa shape index (κ3) is 3.46. The Balaban J connectivity index is 1.73. The van der Waals surface area contributed by atoms with Gasteiger partial charge in [-0.1, -0.05) is 0 Å². The van der Waals surface area contributed by atoms with Gasteiger partial charge in [-0.25, -0.2) is 0 Å². The number of rotatable bonds is 3. The van der Waals surface area contributed by atoms with Crippen molar-refractivity contribution in [2.45, 2.75) is 37.6 Å². The first-order valence-electron chi connectivity index (χ1n) is 9.49. The molecule has 1 saturated heterocycles. The molecule has 11 heteroatoms. The number of ether oxygens (including phenoxy) is 2. The fraction of sp³-hybridized carbons (Fsp3) is 0.286. The Morgan fingerprint density at radius 1 is 0.875 bits per heavy atom. The van der Waals surface area contributed by atoms with Crippen molar-refractivity contribution >= 4 is 11.0 Å². The first kappa shape index (κ1) is 21.7. The molecule has 1 fully saturated rings. The Morgan fingerprint density at radius 2 is 1.59 bits per heavy atom. The van der Waals surface area contributed by atoms with Crippen LogP contribution in [0.5, 0.6) is 28.7 Å². The minimum atomic E-state index is -1.58. The molecule has 0 amide bonds. The van der Waals surface area contributed by atoms with Gasteiger partial charge in [0.05, 0.1) is 11.7 Å². The number of aromatic hydroxyl groups is 4. The summed E-state index contributed by atoms with van der Waals surface area (Å²) in [4.78, 5) is 12.9. The number of aliphatic hydroxyl groups is 3. The molecule has 1 aliphatic heterocycles. The number of benzene rings is 2. The van der Waals surface area contributed by atoms with Crippen LogP contribution in [-0.2, 0) is 4.74 Å². The smallest absolute Gasteiger partial charge is 0.229 e. The highest BCUT2D eigenvalue weighted by molar-refractivity contribution is 5.89. The molecule has 2 aromatic carbocycles. The largest absolute Gasteiger partial charge is 0.507 e. The van der Waals surface area contributed by atoms with E-state index in [1.54, 1.807) is 0 Å². The second kappa shape index (κ2) is 7.88. The van der Waals surface area contributed by atoms with E-state index in [4.69, 9.17) is 13.9 Å². The molecule has 5 atom stereocenters. The highest BCUT2D eigenvalue weighted by Crippen LogP contribution is 2.42. The van der Waals surface area contributed by atoms with Crippen LogP contribution < -0.4 is 10.2 Å². The van der Waals surface area contributed by atoms with Crippen molar-refractivity contribution in [3.63, 3.8) is 0 Å². The Hall–Kier alpha value is -3.51. The Labute approximate surface area is 179 Å². The van der Waals surface area contributed by atoms with Crippen LogP contribution in [0.2, 0.25) is 0 Å². The lowest BCUT2D eigenvalue weighted by molar-refractivity contribution is -0.268. The Kier molecular flexibility index (Phi) is 5.34. The second-order valence-electron chi connectivity index (χ2n) is 7.42. The zero-order chi connectivity index (χ0) is 23.3. The number of fused-ring (bicyclic) bond motifs is 1. The Bertz CT molecular complexity index is 1230. The van der Waals surface area contributed by atoms with Gasteiger partial charge in [-0.2, -0.15) is 0 Å². The SMILES string of the molecule is C[C@H]1O[C@@H](Oc2cc(O)c3c(=O)c(-c4ccc(O)c(O)c4O)coc3c2)[C@H](O)[C@@H](O)[C@H]1O. The minimum Gasteiger partial charge on any atom is -0.507 e. The summed E-state index contributed by atoms with van der Waals surface area (Å²) in [5.74, 6) is -2.75. The van der Waals surface area contributed by atoms with E-state index in [9.17, 15) is 40.5 Å². The molecular formula is C21H20O11. The lowest BCUT2D eigenvalue weighted by Crippen LogP contribution is -2.58. The third-order valence-electron chi connectivity index (χ3n) is 5.31. The average Bonchev–Trinajstić information content (AvgIpc) is 2.75. The van der Waals surface area contributed by atoms with Gasteiger partial charge in [0.1, 0.15) is 47.0 Å². The van der Waals surface area contributed by atoms with Crippen LogP contribution >= 0.6 is 0 Å². The number of phenolic OH excluding ortho intramolecular Hbond substituents is 4. The molecule has 4 rings (SSSR count).